The lowest BCUT2D eigenvalue weighted by Crippen LogP contribution is -2.06. The van der Waals surface area contributed by atoms with E-state index in [4.69, 9.17) is 11.6 Å². The zero-order valence-corrected chi connectivity index (χ0v) is 13.8. The van der Waals surface area contributed by atoms with Crippen molar-refractivity contribution >= 4 is 44.1 Å². The van der Waals surface area contributed by atoms with Gasteiger partial charge in [0.05, 0.1) is 10.5 Å². The van der Waals surface area contributed by atoms with Crippen molar-refractivity contribution in [3.63, 3.8) is 0 Å². The maximum Gasteiger partial charge on any atom is 0.0913 e. The quantitative estimate of drug-likeness (QED) is 0.811. The van der Waals surface area contributed by atoms with Gasteiger partial charge in [0, 0.05) is 27.8 Å². The number of fused-ring (bicyclic) bond motifs is 1. The normalized spacial score (nSPS) is 11.0. The highest BCUT2D eigenvalue weighted by atomic mass is 79.9. The Morgan fingerprint density at radius 3 is 2.68 bits per heavy atom. The third kappa shape index (κ3) is 2.87. The van der Waals surface area contributed by atoms with Crippen molar-refractivity contribution in [3.8, 4) is 0 Å². The summed E-state index contributed by atoms with van der Waals surface area (Å²) >= 11 is 9.83. The molecule has 0 radical (unpaired) electrons. The summed E-state index contributed by atoms with van der Waals surface area (Å²) in [5.41, 5.74) is 4.38. The maximum atomic E-state index is 6.32. The van der Waals surface area contributed by atoms with E-state index in [1.165, 1.54) is 11.3 Å². The number of halogens is 2. The summed E-state index contributed by atoms with van der Waals surface area (Å²) in [6, 6.07) is 3.98. The molecule has 19 heavy (non-hydrogen) atoms. The minimum absolute atomic E-state index is 0.690. The van der Waals surface area contributed by atoms with Crippen LogP contribution >= 0.6 is 27.5 Å². The Balaban J connectivity index is 2.76. The van der Waals surface area contributed by atoms with Crippen molar-refractivity contribution in [2.24, 2.45) is 0 Å². The van der Waals surface area contributed by atoms with Crippen LogP contribution in [0.4, 0.5) is 5.69 Å². The van der Waals surface area contributed by atoms with Gasteiger partial charge in [-0.25, -0.2) is 0 Å². The Labute approximate surface area is 127 Å². The minimum atomic E-state index is 0.690. The molecule has 0 unspecified atom stereocenters. The lowest BCUT2D eigenvalue weighted by atomic mass is 10.0. The van der Waals surface area contributed by atoms with Crippen LogP contribution in [0.3, 0.4) is 0 Å². The van der Waals surface area contributed by atoms with Gasteiger partial charge in [0.1, 0.15) is 0 Å². The molecule has 0 atom stereocenters. The van der Waals surface area contributed by atoms with Gasteiger partial charge in [-0.1, -0.05) is 41.4 Å². The average molecular weight is 342 g/mol. The second-order valence-electron chi connectivity index (χ2n) is 4.61. The second kappa shape index (κ2) is 6.10. The molecular formula is C15H18BrClN2. The molecule has 0 aliphatic heterocycles. The van der Waals surface area contributed by atoms with E-state index in [0.29, 0.717) is 5.02 Å². The average Bonchev–Trinajstić information content (AvgIpc) is 2.37. The van der Waals surface area contributed by atoms with Crippen molar-refractivity contribution in [2.75, 3.05) is 11.9 Å². The molecule has 2 aromatic rings. The molecule has 1 aromatic heterocycles. The molecular weight excluding hydrogens is 324 g/mol. The van der Waals surface area contributed by atoms with Crippen molar-refractivity contribution in [1.82, 2.24) is 4.98 Å². The number of aryl methyl sites for hydroxylation is 1. The summed E-state index contributed by atoms with van der Waals surface area (Å²) in [6.07, 6.45) is 2.05. The molecule has 0 saturated heterocycles. The van der Waals surface area contributed by atoms with Crippen LogP contribution in [0.25, 0.3) is 10.9 Å². The lowest BCUT2D eigenvalue weighted by Gasteiger charge is -2.16. The van der Waals surface area contributed by atoms with Gasteiger partial charge in [0.2, 0.25) is 0 Å². The number of aromatic nitrogens is 1. The fourth-order valence-electron chi connectivity index (χ4n) is 2.33. The number of anilines is 1. The van der Waals surface area contributed by atoms with E-state index in [9.17, 15) is 0 Å². The van der Waals surface area contributed by atoms with Crippen LogP contribution in [0, 0.1) is 6.92 Å². The first-order valence-electron chi connectivity index (χ1n) is 6.60. The summed E-state index contributed by atoms with van der Waals surface area (Å²) in [6.45, 7) is 7.33. The van der Waals surface area contributed by atoms with Crippen LogP contribution in [0.2, 0.25) is 5.02 Å². The van der Waals surface area contributed by atoms with E-state index in [2.05, 4.69) is 46.1 Å². The number of pyridine rings is 1. The van der Waals surface area contributed by atoms with Gasteiger partial charge in [-0.3, -0.25) is 4.98 Å². The van der Waals surface area contributed by atoms with Crippen LogP contribution < -0.4 is 5.32 Å². The Morgan fingerprint density at radius 1 is 1.32 bits per heavy atom. The minimum Gasteiger partial charge on any atom is -0.384 e. The van der Waals surface area contributed by atoms with Crippen LogP contribution in [0.15, 0.2) is 16.6 Å². The first-order valence-corrected chi connectivity index (χ1v) is 7.77. The van der Waals surface area contributed by atoms with Gasteiger partial charge in [-0.15, -0.1) is 0 Å². The first-order chi connectivity index (χ1) is 9.08. The topological polar surface area (TPSA) is 24.9 Å². The van der Waals surface area contributed by atoms with Crippen LogP contribution in [0.1, 0.15) is 31.5 Å². The molecule has 4 heteroatoms. The zero-order chi connectivity index (χ0) is 14.0. The molecule has 1 heterocycles. The largest absolute Gasteiger partial charge is 0.384 e. The van der Waals surface area contributed by atoms with Crippen molar-refractivity contribution in [2.45, 2.75) is 33.6 Å². The molecule has 1 aromatic carbocycles. The van der Waals surface area contributed by atoms with Gasteiger partial charge in [-0.05, 0) is 37.5 Å². The highest BCUT2D eigenvalue weighted by Crippen LogP contribution is 2.35. The van der Waals surface area contributed by atoms with Gasteiger partial charge in [0.15, 0.2) is 0 Å². The molecule has 0 bridgehead atoms. The van der Waals surface area contributed by atoms with Crippen molar-refractivity contribution in [1.29, 1.82) is 0 Å². The number of hydrogen-bond acceptors (Lipinski definition) is 2. The van der Waals surface area contributed by atoms with Gasteiger partial charge < -0.3 is 5.32 Å². The monoisotopic (exact) mass is 340 g/mol. The molecule has 0 saturated carbocycles. The summed E-state index contributed by atoms with van der Waals surface area (Å²) in [7, 11) is 0. The summed E-state index contributed by atoms with van der Waals surface area (Å²) in [5, 5.41) is 5.32. The second-order valence-corrected chi connectivity index (χ2v) is 5.94. The Hall–Kier alpha value is -0.800. The number of benzene rings is 1. The Bertz CT molecular complexity index is 611. The molecule has 102 valence electrons. The lowest BCUT2D eigenvalue weighted by molar-refractivity contribution is 0.969. The predicted molar refractivity (Wildman–Crippen MR) is 87.3 cm³/mol. The standard InChI is InChI=1S/C15H18BrClN2/c1-4-6-18-14-11(5-2)9(3)19-15-12(14)7-10(16)8-13(15)17/h7-8H,4-6H2,1-3H3,(H,18,19). The number of nitrogens with one attached hydrogen (secondary N) is 1. The van der Waals surface area contributed by atoms with Gasteiger partial charge in [-0.2, -0.15) is 0 Å². The van der Waals surface area contributed by atoms with Crippen molar-refractivity contribution < 1.29 is 0 Å². The van der Waals surface area contributed by atoms with Gasteiger partial charge >= 0.3 is 0 Å². The Kier molecular flexibility index (Phi) is 4.69. The van der Waals surface area contributed by atoms with Crippen LogP contribution in [-0.2, 0) is 6.42 Å². The molecule has 0 amide bonds. The van der Waals surface area contributed by atoms with E-state index >= 15 is 0 Å². The summed E-state index contributed by atoms with van der Waals surface area (Å²) < 4.78 is 0.984. The van der Waals surface area contributed by atoms with Crippen LogP contribution in [0.5, 0.6) is 0 Å². The van der Waals surface area contributed by atoms with E-state index < -0.39 is 0 Å². The predicted octanol–water partition coefficient (Wildman–Crippen LogP) is 5.34. The molecule has 0 fully saturated rings. The smallest absolute Gasteiger partial charge is 0.0913 e. The molecule has 2 rings (SSSR count). The number of rotatable bonds is 4. The molecule has 2 nitrogen and oxygen atoms in total. The third-order valence-corrected chi connectivity index (χ3v) is 3.97. The first kappa shape index (κ1) is 14.6. The Morgan fingerprint density at radius 2 is 2.05 bits per heavy atom. The number of nitrogens with zero attached hydrogens (tertiary/aromatic N) is 1. The molecule has 0 aliphatic carbocycles. The maximum absolute atomic E-state index is 6.32. The number of hydrogen-bond donors (Lipinski definition) is 1. The van der Waals surface area contributed by atoms with Gasteiger partial charge in [0.25, 0.3) is 0 Å². The summed E-state index contributed by atoms with van der Waals surface area (Å²) in [4.78, 5) is 4.66. The van der Waals surface area contributed by atoms with Crippen LogP contribution in [-0.4, -0.2) is 11.5 Å². The summed E-state index contributed by atoms with van der Waals surface area (Å²) in [5.74, 6) is 0. The SMILES string of the molecule is CCCNc1c(CC)c(C)nc2c(Cl)cc(Br)cc12. The van der Waals surface area contributed by atoms with E-state index in [-0.39, 0.29) is 0 Å². The molecule has 0 aliphatic rings. The molecule has 1 N–H and O–H groups in total. The zero-order valence-electron chi connectivity index (χ0n) is 11.5. The highest BCUT2D eigenvalue weighted by molar-refractivity contribution is 9.10. The van der Waals surface area contributed by atoms with E-state index in [1.807, 2.05) is 13.0 Å². The van der Waals surface area contributed by atoms with E-state index in [1.54, 1.807) is 0 Å². The fraction of sp³-hybridized carbons (Fsp3) is 0.400. The van der Waals surface area contributed by atoms with Crippen molar-refractivity contribution in [3.05, 3.63) is 32.9 Å². The van der Waals surface area contributed by atoms with E-state index in [0.717, 1.165) is 40.5 Å². The third-order valence-electron chi connectivity index (χ3n) is 3.22. The molecule has 0 spiro atoms. The fourth-order valence-corrected chi connectivity index (χ4v) is 3.18. The highest BCUT2D eigenvalue weighted by Gasteiger charge is 2.13.